The van der Waals surface area contributed by atoms with Gasteiger partial charge in [-0.3, -0.25) is 4.90 Å². The van der Waals surface area contributed by atoms with E-state index < -0.39 is 0 Å². The molecule has 1 N–H and O–H groups in total. The van der Waals surface area contributed by atoms with Crippen LogP contribution in [0, 0.1) is 0 Å². The third kappa shape index (κ3) is 4.31. The molecule has 1 saturated heterocycles. The molecule has 0 amide bonds. The van der Waals surface area contributed by atoms with E-state index >= 15 is 0 Å². The van der Waals surface area contributed by atoms with Crippen molar-refractivity contribution in [3.63, 3.8) is 0 Å². The standard InChI is InChI=1S/C17H28N2O2/c1-16(2)11-19(12-17(3,4)21-16)9-15-7-13(10-20-15)8-18-14-5-6-14/h7,10,14,18H,5-6,8-9,11-12H2,1-4H3. The smallest absolute Gasteiger partial charge is 0.118 e. The Balaban J connectivity index is 1.57. The minimum absolute atomic E-state index is 0.106. The van der Waals surface area contributed by atoms with Crippen molar-refractivity contribution in [1.29, 1.82) is 0 Å². The monoisotopic (exact) mass is 292 g/mol. The van der Waals surface area contributed by atoms with Crippen molar-refractivity contribution >= 4 is 0 Å². The highest BCUT2D eigenvalue weighted by Crippen LogP contribution is 2.29. The van der Waals surface area contributed by atoms with Crippen LogP contribution in [0.1, 0.15) is 51.9 Å². The Morgan fingerprint density at radius 1 is 1.19 bits per heavy atom. The molecule has 1 aliphatic carbocycles. The minimum atomic E-state index is -0.106. The summed E-state index contributed by atoms with van der Waals surface area (Å²) in [6.07, 6.45) is 4.53. The predicted molar refractivity (Wildman–Crippen MR) is 83.1 cm³/mol. The fraction of sp³-hybridized carbons (Fsp3) is 0.765. The van der Waals surface area contributed by atoms with E-state index in [0.717, 1.165) is 38.0 Å². The summed E-state index contributed by atoms with van der Waals surface area (Å²) in [5, 5.41) is 3.52. The first-order chi connectivity index (χ1) is 9.81. The zero-order chi connectivity index (χ0) is 15.1. The Kier molecular flexibility index (Phi) is 3.89. The Morgan fingerprint density at radius 3 is 2.48 bits per heavy atom. The van der Waals surface area contributed by atoms with Crippen molar-refractivity contribution < 1.29 is 9.15 Å². The second-order valence-electron chi connectivity index (χ2n) is 7.84. The fourth-order valence-corrected chi connectivity index (χ4v) is 3.43. The van der Waals surface area contributed by atoms with Gasteiger partial charge in [0.2, 0.25) is 0 Å². The lowest BCUT2D eigenvalue weighted by Gasteiger charge is -2.47. The highest BCUT2D eigenvalue weighted by molar-refractivity contribution is 5.13. The van der Waals surface area contributed by atoms with E-state index in [0.29, 0.717) is 0 Å². The van der Waals surface area contributed by atoms with Crippen LogP contribution in [0.25, 0.3) is 0 Å². The largest absolute Gasteiger partial charge is 0.468 e. The van der Waals surface area contributed by atoms with Crippen LogP contribution in [0.4, 0.5) is 0 Å². The molecule has 3 rings (SSSR count). The maximum Gasteiger partial charge on any atom is 0.118 e. The SMILES string of the molecule is CC1(C)CN(Cc2cc(CNC3CC3)co2)CC(C)(C)O1. The van der Waals surface area contributed by atoms with Crippen molar-refractivity contribution in [3.05, 3.63) is 23.7 Å². The molecule has 0 atom stereocenters. The number of hydrogen-bond acceptors (Lipinski definition) is 4. The molecule has 118 valence electrons. The molecule has 2 heterocycles. The average molecular weight is 292 g/mol. The first kappa shape index (κ1) is 15.1. The summed E-state index contributed by atoms with van der Waals surface area (Å²) in [5.41, 5.74) is 1.04. The topological polar surface area (TPSA) is 37.6 Å². The molecule has 0 aromatic carbocycles. The maximum atomic E-state index is 6.12. The molecule has 4 nitrogen and oxygen atoms in total. The lowest BCUT2D eigenvalue weighted by atomic mass is 9.99. The van der Waals surface area contributed by atoms with Crippen LogP contribution < -0.4 is 5.32 Å². The normalized spacial score (nSPS) is 25.1. The zero-order valence-corrected chi connectivity index (χ0v) is 13.7. The van der Waals surface area contributed by atoms with Gasteiger partial charge in [-0.25, -0.2) is 0 Å². The molecule has 0 spiro atoms. The number of furan rings is 1. The van der Waals surface area contributed by atoms with Crippen LogP contribution >= 0.6 is 0 Å². The van der Waals surface area contributed by atoms with Crippen LogP contribution in [0.15, 0.2) is 16.7 Å². The first-order valence-corrected chi connectivity index (χ1v) is 8.04. The third-order valence-corrected chi connectivity index (χ3v) is 4.02. The Morgan fingerprint density at radius 2 is 1.86 bits per heavy atom. The summed E-state index contributed by atoms with van der Waals surface area (Å²) in [7, 11) is 0. The van der Waals surface area contributed by atoms with Crippen LogP contribution in [0.2, 0.25) is 0 Å². The van der Waals surface area contributed by atoms with Gasteiger partial charge >= 0.3 is 0 Å². The molecule has 0 unspecified atom stereocenters. The fourth-order valence-electron chi connectivity index (χ4n) is 3.43. The lowest BCUT2D eigenvalue weighted by Crippen LogP contribution is -2.56. The second-order valence-corrected chi connectivity index (χ2v) is 7.84. The number of rotatable bonds is 5. The number of morpholine rings is 1. The van der Waals surface area contributed by atoms with E-state index in [1.807, 2.05) is 6.26 Å². The molecule has 1 aliphatic heterocycles. The van der Waals surface area contributed by atoms with Gasteiger partial charge in [-0.1, -0.05) is 0 Å². The highest BCUT2D eigenvalue weighted by Gasteiger charge is 2.38. The Bertz CT molecular complexity index is 473. The van der Waals surface area contributed by atoms with Gasteiger partial charge in [0, 0.05) is 31.2 Å². The average Bonchev–Trinajstić information content (AvgIpc) is 3.04. The van der Waals surface area contributed by atoms with Gasteiger partial charge in [-0.05, 0) is 46.6 Å². The quantitative estimate of drug-likeness (QED) is 0.905. The molecule has 1 saturated carbocycles. The highest BCUT2D eigenvalue weighted by atomic mass is 16.5. The van der Waals surface area contributed by atoms with Crippen molar-refractivity contribution in [1.82, 2.24) is 10.2 Å². The van der Waals surface area contributed by atoms with Gasteiger partial charge in [-0.15, -0.1) is 0 Å². The van der Waals surface area contributed by atoms with E-state index in [1.54, 1.807) is 0 Å². The lowest BCUT2D eigenvalue weighted by molar-refractivity contribution is -0.182. The molecular formula is C17H28N2O2. The number of nitrogens with zero attached hydrogens (tertiary/aromatic N) is 1. The van der Waals surface area contributed by atoms with Gasteiger partial charge in [-0.2, -0.15) is 0 Å². The van der Waals surface area contributed by atoms with E-state index in [9.17, 15) is 0 Å². The Labute approximate surface area is 127 Å². The molecule has 1 aromatic heterocycles. The molecule has 0 bridgehead atoms. The van der Waals surface area contributed by atoms with E-state index in [1.165, 1.54) is 18.4 Å². The minimum Gasteiger partial charge on any atom is -0.468 e. The molecule has 0 radical (unpaired) electrons. The van der Waals surface area contributed by atoms with E-state index in [2.05, 4.69) is 44.0 Å². The first-order valence-electron chi connectivity index (χ1n) is 8.04. The van der Waals surface area contributed by atoms with Gasteiger partial charge in [0.05, 0.1) is 24.0 Å². The van der Waals surface area contributed by atoms with E-state index in [4.69, 9.17) is 9.15 Å². The number of ether oxygens (including phenoxy) is 1. The van der Waals surface area contributed by atoms with Crippen LogP contribution in [-0.4, -0.2) is 35.2 Å². The Hall–Kier alpha value is -0.840. The molecule has 21 heavy (non-hydrogen) atoms. The molecule has 4 heteroatoms. The molecule has 1 aromatic rings. The summed E-state index contributed by atoms with van der Waals surface area (Å²) >= 11 is 0. The maximum absolute atomic E-state index is 6.12. The van der Waals surface area contributed by atoms with Crippen LogP contribution in [-0.2, 0) is 17.8 Å². The van der Waals surface area contributed by atoms with Gasteiger partial charge in [0.25, 0.3) is 0 Å². The molecular weight excluding hydrogens is 264 g/mol. The summed E-state index contributed by atoms with van der Waals surface area (Å²) in [6.45, 7) is 12.3. The van der Waals surface area contributed by atoms with Crippen molar-refractivity contribution in [2.24, 2.45) is 0 Å². The van der Waals surface area contributed by atoms with Crippen LogP contribution in [0.3, 0.4) is 0 Å². The van der Waals surface area contributed by atoms with Crippen LogP contribution in [0.5, 0.6) is 0 Å². The van der Waals surface area contributed by atoms with Crippen molar-refractivity contribution in [2.45, 2.75) is 70.9 Å². The van der Waals surface area contributed by atoms with Crippen molar-refractivity contribution in [3.8, 4) is 0 Å². The van der Waals surface area contributed by atoms with Gasteiger partial charge in [0.1, 0.15) is 5.76 Å². The summed E-state index contributed by atoms with van der Waals surface area (Å²) in [4.78, 5) is 2.43. The third-order valence-electron chi connectivity index (χ3n) is 4.02. The van der Waals surface area contributed by atoms with Crippen molar-refractivity contribution in [2.75, 3.05) is 13.1 Å². The number of nitrogens with one attached hydrogen (secondary N) is 1. The summed E-state index contributed by atoms with van der Waals surface area (Å²) < 4.78 is 11.9. The molecule has 2 fully saturated rings. The zero-order valence-electron chi connectivity index (χ0n) is 13.7. The van der Waals surface area contributed by atoms with Gasteiger partial charge < -0.3 is 14.5 Å². The second kappa shape index (κ2) is 5.41. The summed E-state index contributed by atoms with van der Waals surface area (Å²) in [5.74, 6) is 1.05. The van der Waals surface area contributed by atoms with E-state index in [-0.39, 0.29) is 11.2 Å². The number of hydrogen-bond donors (Lipinski definition) is 1. The summed E-state index contributed by atoms with van der Waals surface area (Å²) in [6, 6.07) is 2.93. The molecule has 2 aliphatic rings. The van der Waals surface area contributed by atoms with Gasteiger partial charge in [0.15, 0.2) is 0 Å². The predicted octanol–water partition coefficient (Wildman–Crippen LogP) is 2.92.